The molecule has 3 atom stereocenters. The molecule has 11 heavy (non-hydrogen) atoms. The van der Waals surface area contributed by atoms with Crippen LogP contribution in [0.15, 0.2) is 0 Å². The third-order valence-corrected chi connectivity index (χ3v) is 3.17. The minimum absolute atomic E-state index is 0.171. The number of aliphatic carboxylic acids is 1. The molecule has 1 rings (SSSR count). The standard InChI is InChI=1S/C8H15NO2/c1-5-3-4-6(9)8(5,2)7(10)11/h5-6H,3-4,9H2,1-2H3,(H,10,11)/t5-,6+,8-/m0/s1. The van der Waals surface area contributed by atoms with Crippen LogP contribution < -0.4 is 5.73 Å². The topological polar surface area (TPSA) is 63.3 Å². The van der Waals surface area contributed by atoms with Crippen molar-refractivity contribution in [3.8, 4) is 0 Å². The summed E-state index contributed by atoms with van der Waals surface area (Å²) in [6.45, 7) is 3.71. The van der Waals surface area contributed by atoms with Gasteiger partial charge in [-0.2, -0.15) is 0 Å². The fraction of sp³-hybridized carbons (Fsp3) is 0.875. The smallest absolute Gasteiger partial charge is 0.311 e. The monoisotopic (exact) mass is 157 g/mol. The maximum Gasteiger partial charge on any atom is 0.311 e. The summed E-state index contributed by atoms with van der Waals surface area (Å²) in [4.78, 5) is 10.9. The van der Waals surface area contributed by atoms with E-state index in [1.807, 2.05) is 6.92 Å². The second kappa shape index (κ2) is 2.48. The number of hydrogen-bond acceptors (Lipinski definition) is 2. The Bertz CT molecular complexity index is 169. The first-order valence-corrected chi connectivity index (χ1v) is 3.98. The summed E-state index contributed by atoms with van der Waals surface area (Å²) in [7, 11) is 0. The quantitative estimate of drug-likeness (QED) is 0.592. The summed E-state index contributed by atoms with van der Waals surface area (Å²) in [5, 5.41) is 8.93. The Morgan fingerprint density at radius 1 is 1.64 bits per heavy atom. The highest BCUT2D eigenvalue weighted by Gasteiger charge is 2.48. The van der Waals surface area contributed by atoms with Gasteiger partial charge in [-0.15, -0.1) is 0 Å². The van der Waals surface area contributed by atoms with E-state index in [1.54, 1.807) is 6.92 Å². The van der Waals surface area contributed by atoms with Crippen molar-refractivity contribution in [2.24, 2.45) is 17.1 Å². The molecular weight excluding hydrogens is 142 g/mol. The molecule has 0 unspecified atom stereocenters. The van der Waals surface area contributed by atoms with Gasteiger partial charge in [0.1, 0.15) is 0 Å². The minimum atomic E-state index is -0.755. The van der Waals surface area contributed by atoms with Crippen LogP contribution in [0.1, 0.15) is 26.7 Å². The Morgan fingerprint density at radius 2 is 2.18 bits per heavy atom. The first-order valence-electron chi connectivity index (χ1n) is 3.98. The molecule has 64 valence electrons. The van der Waals surface area contributed by atoms with E-state index in [4.69, 9.17) is 10.8 Å². The average Bonchev–Trinajstić information content (AvgIpc) is 2.18. The van der Waals surface area contributed by atoms with Crippen LogP contribution in [0.4, 0.5) is 0 Å². The van der Waals surface area contributed by atoms with E-state index in [-0.39, 0.29) is 12.0 Å². The van der Waals surface area contributed by atoms with Crippen LogP contribution in [0.25, 0.3) is 0 Å². The van der Waals surface area contributed by atoms with E-state index in [0.717, 1.165) is 12.8 Å². The van der Waals surface area contributed by atoms with Gasteiger partial charge in [-0.3, -0.25) is 4.79 Å². The molecule has 0 saturated heterocycles. The molecule has 3 heteroatoms. The predicted octanol–water partition coefficient (Wildman–Crippen LogP) is 0.835. The number of carboxylic acid groups (broad SMARTS) is 1. The van der Waals surface area contributed by atoms with Crippen molar-refractivity contribution in [3.63, 3.8) is 0 Å². The summed E-state index contributed by atoms with van der Waals surface area (Å²) in [6.07, 6.45) is 1.77. The summed E-state index contributed by atoms with van der Waals surface area (Å²) in [6, 6.07) is -0.171. The maximum absolute atomic E-state index is 10.9. The first-order chi connectivity index (χ1) is 4.99. The van der Waals surface area contributed by atoms with Gasteiger partial charge in [0.25, 0.3) is 0 Å². The van der Waals surface area contributed by atoms with Crippen molar-refractivity contribution < 1.29 is 9.90 Å². The Kier molecular flexibility index (Phi) is 1.92. The maximum atomic E-state index is 10.9. The van der Waals surface area contributed by atoms with Crippen LogP contribution >= 0.6 is 0 Å². The van der Waals surface area contributed by atoms with Gasteiger partial charge in [-0.05, 0) is 25.7 Å². The summed E-state index contributed by atoms with van der Waals surface area (Å²) >= 11 is 0. The molecule has 1 saturated carbocycles. The highest BCUT2D eigenvalue weighted by Crippen LogP contribution is 2.41. The molecular formula is C8H15NO2. The fourth-order valence-electron chi connectivity index (χ4n) is 1.76. The number of carboxylic acids is 1. The van der Waals surface area contributed by atoms with Gasteiger partial charge in [0.2, 0.25) is 0 Å². The third-order valence-electron chi connectivity index (χ3n) is 3.17. The Balaban J connectivity index is 2.88. The van der Waals surface area contributed by atoms with Crippen LogP contribution in [0.5, 0.6) is 0 Å². The molecule has 1 aliphatic carbocycles. The van der Waals surface area contributed by atoms with Gasteiger partial charge in [0.05, 0.1) is 5.41 Å². The molecule has 0 heterocycles. The third kappa shape index (κ3) is 1.03. The Hall–Kier alpha value is -0.570. The molecule has 0 aliphatic heterocycles. The van der Waals surface area contributed by atoms with Gasteiger partial charge in [0.15, 0.2) is 0 Å². The lowest BCUT2D eigenvalue weighted by molar-refractivity contribution is -0.150. The highest BCUT2D eigenvalue weighted by atomic mass is 16.4. The van der Waals surface area contributed by atoms with Gasteiger partial charge >= 0.3 is 5.97 Å². The van der Waals surface area contributed by atoms with Gasteiger partial charge in [0, 0.05) is 6.04 Å². The lowest BCUT2D eigenvalue weighted by atomic mass is 9.78. The molecule has 0 spiro atoms. The van der Waals surface area contributed by atoms with Crippen LogP contribution in [0, 0.1) is 11.3 Å². The van der Waals surface area contributed by atoms with Crippen molar-refractivity contribution in [1.82, 2.24) is 0 Å². The van der Waals surface area contributed by atoms with E-state index >= 15 is 0 Å². The van der Waals surface area contributed by atoms with Crippen LogP contribution in [0.2, 0.25) is 0 Å². The molecule has 1 aliphatic rings. The zero-order valence-electron chi connectivity index (χ0n) is 7.00. The Morgan fingerprint density at radius 3 is 2.36 bits per heavy atom. The molecule has 0 aromatic heterocycles. The molecule has 0 aromatic rings. The number of rotatable bonds is 1. The lowest BCUT2D eigenvalue weighted by Gasteiger charge is -2.28. The second-order valence-corrected chi connectivity index (χ2v) is 3.67. The average molecular weight is 157 g/mol. The molecule has 0 bridgehead atoms. The van der Waals surface area contributed by atoms with E-state index in [9.17, 15) is 4.79 Å². The van der Waals surface area contributed by atoms with Crippen molar-refractivity contribution in [2.45, 2.75) is 32.7 Å². The van der Waals surface area contributed by atoms with Crippen molar-refractivity contribution in [2.75, 3.05) is 0 Å². The zero-order chi connectivity index (χ0) is 8.65. The predicted molar refractivity (Wildman–Crippen MR) is 42.1 cm³/mol. The fourth-order valence-corrected chi connectivity index (χ4v) is 1.76. The molecule has 0 amide bonds. The van der Waals surface area contributed by atoms with Crippen LogP contribution in [0.3, 0.4) is 0 Å². The van der Waals surface area contributed by atoms with Gasteiger partial charge < -0.3 is 10.8 Å². The van der Waals surface area contributed by atoms with E-state index < -0.39 is 11.4 Å². The summed E-state index contributed by atoms with van der Waals surface area (Å²) in [5.41, 5.74) is 5.03. The van der Waals surface area contributed by atoms with Crippen molar-refractivity contribution in [1.29, 1.82) is 0 Å². The molecule has 3 nitrogen and oxygen atoms in total. The summed E-state index contributed by atoms with van der Waals surface area (Å²) in [5.74, 6) is -0.551. The lowest BCUT2D eigenvalue weighted by Crippen LogP contribution is -2.44. The molecule has 1 fully saturated rings. The van der Waals surface area contributed by atoms with Crippen molar-refractivity contribution >= 4 is 5.97 Å². The number of nitrogens with two attached hydrogens (primary N) is 1. The van der Waals surface area contributed by atoms with E-state index in [2.05, 4.69) is 0 Å². The highest BCUT2D eigenvalue weighted by molar-refractivity contribution is 5.76. The van der Waals surface area contributed by atoms with Crippen LogP contribution in [-0.4, -0.2) is 17.1 Å². The molecule has 0 radical (unpaired) electrons. The van der Waals surface area contributed by atoms with E-state index in [1.165, 1.54) is 0 Å². The first kappa shape index (κ1) is 8.53. The van der Waals surface area contributed by atoms with Gasteiger partial charge in [-0.25, -0.2) is 0 Å². The van der Waals surface area contributed by atoms with Crippen molar-refractivity contribution in [3.05, 3.63) is 0 Å². The molecule has 0 aromatic carbocycles. The van der Waals surface area contributed by atoms with Crippen LogP contribution in [-0.2, 0) is 4.79 Å². The second-order valence-electron chi connectivity index (χ2n) is 3.67. The zero-order valence-corrected chi connectivity index (χ0v) is 7.00. The number of hydrogen-bond donors (Lipinski definition) is 2. The molecule has 3 N–H and O–H groups in total. The minimum Gasteiger partial charge on any atom is -0.481 e. The summed E-state index contributed by atoms with van der Waals surface area (Å²) < 4.78 is 0. The normalized spacial score (nSPS) is 44.3. The SMILES string of the molecule is C[C@H]1CC[C@@H](N)[C@@]1(C)C(=O)O. The number of carbonyl (C=O) groups is 1. The van der Waals surface area contributed by atoms with Gasteiger partial charge in [-0.1, -0.05) is 6.92 Å². The van der Waals surface area contributed by atoms with E-state index in [0.29, 0.717) is 0 Å². The Labute approximate surface area is 66.6 Å². The largest absolute Gasteiger partial charge is 0.481 e.